The third kappa shape index (κ3) is 3.15. The Bertz CT molecular complexity index is 558. The number of rotatable bonds is 7. The summed E-state index contributed by atoms with van der Waals surface area (Å²) >= 11 is 0. The molecule has 0 aliphatic rings. The van der Waals surface area contributed by atoms with Gasteiger partial charge in [-0.2, -0.15) is 0 Å². The van der Waals surface area contributed by atoms with Crippen LogP contribution in [0.15, 0.2) is 30.5 Å². The van der Waals surface area contributed by atoms with Gasteiger partial charge in [0.1, 0.15) is 0 Å². The number of aromatic nitrogens is 1. The third-order valence-corrected chi connectivity index (χ3v) is 7.08. The second-order valence-corrected chi connectivity index (χ2v) is 7.40. The van der Waals surface area contributed by atoms with Gasteiger partial charge in [-0.25, -0.2) is 0 Å². The highest BCUT2D eigenvalue weighted by Crippen LogP contribution is 2.44. The first-order chi connectivity index (χ1) is 10.2. The Morgan fingerprint density at radius 2 is 1.43 bits per heavy atom. The van der Waals surface area contributed by atoms with Crippen molar-refractivity contribution in [1.82, 2.24) is 13.9 Å². The molecule has 2 rings (SSSR count). The van der Waals surface area contributed by atoms with Crippen molar-refractivity contribution in [3.05, 3.63) is 30.5 Å². The molecule has 0 spiro atoms. The van der Waals surface area contributed by atoms with Crippen LogP contribution in [-0.2, 0) is 7.05 Å². The van der Waals surface area contributed by atoms with E-state index in [4.69, 9.17) is 0 Å². The second-order valence-electron chi connectivity index (χ2n) is 5.21. The van der Waals surface area contributed by atoms with Crippen LogP contribution in [0.4, 0.5) is 0 Å². The number of hydrogen-bond donors (Lipinski definition) is 0. The van der Waals surface area contributed by atoms with Crippen LogP contribution in [0.3, 0.4) is 0 Å². The topological polar surface area (TPSA) is 11.4 Å². The van der Waals surface area contributed by atoms with E-state index in [0.717, 1.165) is 26.2 Å². The summed E-state index contributed by atoms with van der Waals surface area (Å²) in [4.78, 5) is 0. The van der Waals surface area contributed by atoms with Crippen molar-refractivity contribution in [3.8, 4) is 0 Å². The normalized spacial score (nSPS) is 12.2. The molecule has 116 valence electrons. The highest BCUT2D eigenvalue weighted by molar-refractivity contribution is 7.61. The van der Waals surface area contributed by atoms with Crippen molar-refractivity contribution in [2.75, 3.05) is 26.2 Å². The summed E-state index contributed by atoms with van der Waals surface area (Å²) in [5, 5.41) is 2.90. The lowest BCUT2D eigenvalue weighted by molar-refractivity contribution is 0.430. The number of hydrogen-bond acceptors (Lipinski definition) is 2. The Labute approximate surface area is 130 Å². The third-order valence-electron chi connectivity index (χ3n) is 4.09. The molecule has 1 aromatic heterocycles. The van der Waals surface area contributed by atoms with E-state index in [2.05, 4.69) is 79.1 Å². The van der Waals surface area contributed by atoms with Gasteiger partial charge in [-0.05, 0) is 6.07 Å². The molecule has 4 heteroatoms. The molecule has 0 aliphatic heterocycles. The molecule has 1 aromatic carbocycles. The highest BCUT2D eigenvalue weighted by Gasteiger charge is 2.26. The van der Waals surface area contributed by atoms with E-state index in [1.54, 1.807) is 0 Å². The van der Waals surface area contributed by atoms with Crippen LogP contribution < -0.4 is 5.30 Å². The predicted molar refractivity (Wildman–Crippen MR) is 95.3 cm³/mol. The molecule has 0 fully saturated rings. The van der Waals surface area contributed by atoms with Gasteiger partial charge in [0.05, 0.1) is 8.22 Å². The summed E-state index contributed by atoms with van der Waals surface area (Å²) in [5.41, 5.74) is 1.33. The quantitative estimate of drug-likeness (QED) is 0.721. The fourth-order valence-corrected chi connectivity index (χ4v) is 5.67. The van der Waals surface area contributed by atoms with Crippen LogP contribution in [0.25, 0.3) is 10.9 Å². The number of fused-ring (bicyclic) bond motifs is 1. The molecule has 0 amide bonds. The van der Waals surface area contributed by atoms with Crippen molar-refractivity contribution in [2.24, 2.45) is 7.05 Å². The van der Waals surface area contributed by atoms with Crippen molar-refractivity contribution in [2.45, 2.75) is 27.7 Å². The van der Waals surface area contributed by atoms with Gasteiger partial charge in [0, 0.05) is 55.6 Å². The Hall–Kier alpha value is -0.890. The first kappa shape index (κ1) is 16.5. The van der Waals surface area contributed by atoms with Crippen LogP contribution in [0.2, 0.25) is 0 Å². The molecular weight excluding hydrogens is 277 g/mol. The molecule has 0 aliphatic carbocycles. The standard InChI is InChI=1S/C17H28N3P/c1-6-19(7-2)21(20(8-3)9-4)17-14-18(5)16-13-11-10-12-15(16)17/h10-14H,6-9H2,1-5H3. The summed E-state index contributed by atoms with van der Waals surface area (Å²) < 4.78 is 7.50. The second kappa shape index (κ2) is 7.40. The van der Waals surface area contributed by atoms with Crippen LogP contribution >= 0.6 is 8.22 Å². The van der Waals surface area contributed by atoms with E-state index < -0.39 is 8.22 Å². The molecule has 0 radical (unpaired) electrons. The van der Waals surface area contributed by atoms with Crippen LogP contribution in [0, 0.1) is 0 Å². The SMILES string of the molecule is CCN(CC)P(c1cn(C)c2ccccc12)N(CC)CC. The minimum Gasteiger partial charge on any atom is -0.350 e. The van der Waals surface area contributed by atoms with Gasteiger partial charge in [-0.3, -0.25) is 9.34 Å². The Kier molecular flexibility index (Phi) is 5.80. The van der Waals surface area contributed by atoms with Gasteiger partial charge >= 0.3 is 0 Å². The van der Waals surface area contributed by atoms with Crippen molar-refractivity contribution < 1.29 is 0 Å². The molecule has 1 heterocycles. The number of benzene rings is 1. The average Bonchev–Trinajstić information content (AvgIpc) is 2.85. The molecular formula is C17H28N3P. The molecule has 0 N–H and O–H groups in total. The van der Waals surface area contributed by atoms with Crippen molar-refractivity contribution in [1.29, 1.82) is 0 Å². The monoisotopic (exact) mass is 305 g/mol. The fourth-order valence-electron chi connectivity index (χ4n) is 2.95. The molecule has 3 nitrogen and oxygen atoms in total. The minimum absolute atomic E-state index is 0.416. The van der Waals surface area contributed by atoms with Crippen LogP contribution in [0.5, 0.6) is 0 Å². The first-order valence-electron chi connectivity index (χ1n) is 8.01. The molecule has 21 heavy (non-hydrogen) atoms. The summed E-state index contributed by atoms with van der Waals surface area (Å²) in [7, 11) is 1.74. The average molecular weight is 305 g/mol. The van der Waals surface area contributed by atoms with Crippen LogP contribution in [0.1, 0.15) is 27.7 Å². The van der Waals surface area contributed by atoms with Crippen LogP contribution in [-0.4, -0.2) is 40.1 Å². The number of para-hydroxylation sites is 1. The Balaban J connectivity index is 2.57. The van der Waals surface area contributed by atoms with E-state index in [0.29, 0.717) is 0 Å². The minimum atomic E-state index is -0.416. The van der Waals surface area contributed by atoms with E-state index in [-0.39, 0.29) is 0 Å². The number of nitrogens with zero attached hydrogens (tertiary/aromatic N) is 3. The molecule has 2 aromatic rings. The maximum Gasteiger partial charge on any atom is 0.0746 e. The first-order valence-corrected chi connectivity index (χ1v) is 9.26. The Morgan fingerprint density at radius 3 is 1.95 bits per heavy atom. The van der Waals surface area contributed by atoms with Gasteiger partial charge in [-0.1, -0.05) is 45.9 Å². The largest absolute Gasteiger partial charge is 0.350 e. The molecule has 0 saturated carbocycles. The summed E-state index contributed by atoms with van der Waals surface area (Å²) in [5.74, 6) is 0. The van der Waals surface area contributed by atoms with E-state index in [9.17, 15) is 0 Å². The zero-order valence-electron chi connectivity index (χ0n) is 14.0. The maximum absolute atomic E-state index is 2.62. The van der Waals surface area contributed by atoms with E-state index >= 15 is 0 Å². The van der Waals surface area contributed by atoms with Gasteiger partial charge in [0.2, 0.25) is 0 Å². The van der Waals surface area contributed by atoms with E-state index in [1.165, 1.54) is 16.2 Å². The molecule has 0 bridgehead atoms. The van der Waals surface area contributed by atoms with Gasteiger partial charge < -0.3 is 4.57 Å². The molecule has 0 atom stereocenters. The predicted octanol–water partition coefficient (Wildman–Crippen LogP) is 3.80. The maximum atomic E-state index is 2.62. The lowest BCUT2D eigenvalue weighted by Crippen LogP contribution is -2.33. The van der Waals surface area contributed by atoms with Gasteiger partial charge in [0.15, 0.2) is 0 Å². The zero-order valence-corrected chi connectivity index (χ0v) is 14.9. The van der Waals surface area contributed by atoms with Gasteiger partial charge in [-0.15, -0.1) is 0 Å². The molecule has 0 saturated heterocycles. The summed E-state index contributed by atoms with van der Waals surface area (Å²) in [6.07, 6.45) is 2.34. The molecule has 0 unspecified atom stereocenters. The zero-order chi connectivity index (χ0) is 15.4. The highest BCUT2D eigenvalue weighted by atomic mass is 31.1. The smallest absolute Gasteiger partial charge is 0.0746 e. The summed E-state index contributed by atoms with van der Waals surface area (Å²) in [6, 6.07) is 8.77. The van der Waals surface area contributed by atoms with Crippen molar-refractivity contribution >= 4 is 24.4 Å². The van der Waals surface area contributed by atoms with Crippen molar-refractivity contribution in [3.63, 3.8) is 0 Å². The Morgan fingerprint density at radius 1 is 0.905 bits per heavy atom. The fraction of sp³-hybridized carbons (Fsp3) is 0.529. The lowest BCUT2D eigenvalue weighted by atomic mass is 10.2. The number of aryl methyl sites for hydroxylation is 1. The van der Waals surface area contributed by atoms with Gasteiger partial charge in [0.25, 0.3) is 0 Å². The summed E-state index contributed by atoms with van der Waals surface area (Å²) in [6.45, 7) is 13.5. The van der Waals surface area contributed by atoms with E-state index in [1.807, 2.05) is 0 Å². The lowest BCUT2D eigenvalue weighted by Gasteiger charge is -2.37.